The Kier molecular flexibility index (Phi) is 4.68. The molecule has 0 atom stereocenters. The van der Waals surface area contributed by atoms with Crippen LogP contribution >= 0.6 is 11.3 Å². The highest BCUT2D eigenvalue weighted by Gasteiger charge is 2.20. The van der Waals surface area contributed by atoms with Crippen LogP contribution in [0.5, 0.6) is 5.88 Å². The highest BCUT2D eigenvalue weighted by Crippen LogP contribution is 2.24. The van der Waals surface area contributed by atoms with Crippen molar-refractivity contribution in [3.8, 4) is 5.88 Å². The quantitative estimate of drug-likeness (QED) is 0.890. The van der Waals surface area contributed by atoms with Crippen LogP contribution < -0.4 is 10.1 Å². The fourth-order valence-electron chi connectivity index (χ4n) is 2.20. The van der Waals surface area contributed by atoms with Gasteiger partial charge >= 0.3 is 0 Å². The van der Waals surface area contributed by atoms with E-state index in [1.807, 2.05) is 12.3 Å². The van der Waals surface area contributed by atoms with Gasteiger partial charge in [0.2, 0.25) is 5.88 Å². The number of pyridine rings is 1. The smallest absolute Gasteiger partial charge is 0.251 e. The van der Waals surface area contributed by atoms with Gasteiger partial charge in [0.05, 0.1) is 10.7 Å². The molecule has 0 radical (unpaired) electrons. The predicted octanol–water partition coefficient (Wildman–Crippen LogP) is 2.75. The Morgan fingerprint density at radius 1 is 1.50 bits per heavy atom. The molecule has 0 unspecified atom stereocenters. The lowest BCUT2D eigenvalue weighted by Crippen LogP contribution is -2.27. The molecule has 6 heteroatoms. The minimum Gasteiger partial charge on any atom is -0.474 e. The summed E-state index contributed by atoms with van der Waals surface area (Å²) >= 11 is 1.63. The van der Waals surface area contributed by atoms with Crippen LogP contribution in [0.25, 0.3) is 0 Å². The first-order chi connectivity index (χ1) is 10.7. The third-order valence-electron chi connectivity index (χ3n) is 3.67. The molecule has 0 aromatic carbocycles. The molecule has 1 fully saturated rings. The molecule has 2 aromatic heterocycles. The van der Waals surface area contributed by atoms with Crippen LogP contribution in [0.15, 0.2) is 23.7 Å². The molecule has 0 spiro atoms. The van der Waals surface area contributed by atoms with Gasteiger partial charge in [0, 0.05) is 36.2 Å². The van der Waals surface area contributed by atoms with Crippen molar-refractivity contribution in [1.82, 2.24) is 15.3 Å². The average Bonchev–Trinajstić information content (AvgIpc) is 2.89. The van der Waals surface area contributed by atoms with Crippen LogP contribution in [0.4, 0.5) is 0 Å². The Labute approximate surface area is 133 Å². The highest BCUT2D eigenvalue weighted by atomic mass is 32.1. The summed E-state index contributed by atoms with van der Waals surface area (Å²) in [6.45, 7) is 2.55. The summed E-state index contributed by atoms with van der Waals surface area (Å²) in [5.74, 6) is 0.431. The van der Waals surface area contributed by atoms with E-state index >= 15 is 0 Å². The number of nitrogens with one attached hydrogen (secondary N) is 1. The van der Waals surface area contributed by atoms with Crippen molar-refractivity contribution in [3.05, 3.63) is 40.0 Å². The maximum absolute atomic E-state index is 12.1. The Morgan fingerprint density at radius 3 is 3.05 bits per heavy atom. The molecule has 116 valence electrons. The summed E-state index contributed by atoms with van der Waals surface area (Å²) in [5, 5.41) is 5.98. The fraction of sp³-hybridized carbons (Fsp3) is 0.438. The maximum Gasteiger partial charge on any atom is 0.251 e. The zero-order chi connectivity index (χ0) is 15.4. The standard InChI is InChI=1S/C16H19N3O2S/c1-11-19-13(10-22-11)6-8-18-16(20)12-5-7-17-15(9-12)21-14-3-2-4-14/h5,7,9-10,14H,2-4,6,8H2,1H3,(H,18,20). The van der Waals surface area contributed by atoms with Crippen LogP contribution in [0.1, 0.15) is 40.3 Å². The summed E-state index contributed by atoms with van der Waals surface area (Å²) < 4.78 is 5.72. The topological polar surface area (TPSA) is 64.1 Å². The van der Waals surface area contributed by atoms with Gasteiger partial charge in [-0.25, -0.2) is 9.97 Å². The Balaban J connectivity index is 1.51. The molecule has 1 aliphatic carbocycles. The SMILES string of the molecule is Cc1nc(CCNC(=O)c2ccnc(OC3CCC3)c2)cs1. The number of nitrogens with zero attached hydrogens (tertiary/aromatic N) is 2. The van der Waals surface area contributed by atoms with Gasteiger partial charge in [0.25, 0.3) is 5.91 Å². The molecule has 2 aromatic rings. The number of aromatic nitrogens is 2. The zero-order valence-electron chi connectivity index (χ0n) is 12.5. The normalized spacial score (nSPS) is 14.4. The van der Waals surface area contributed by atoms with E-state index < -0.39 is 0 Å². The van der Waals surface area contributed by atoms with E-state index in [1.54, 1.807) is 29.7 Å². The van der Waals surface area contributed by atoms with Crippen molar-refractivity contribution in [2.24, 2.45) is 0 Å². The summed E-state index contributed by atoms with van der Waals surface area (Å²) in [6, 6.07) is 3.41. The van der Waals surface area contributed by atoms with Gasteiger partial charge in [-0.05, 0) is 32.3 Å². The maximum atomic E-state index is 12.1. The molecular formula is C16H19N3O2S. The molecule has 1 N–H and O–H groups in total. The number of carbonyl (C=O) groups is 1. The van der Waals surface area contributed by atoms with Crippen molar-refractivity contribution in [1.29, 1.82) is 0 Å². The first-order valence-corrected chi connectivity index (χ1v) is 8.40. The second-order valence-electron chi connectivity index (χ2n) is 5.42. The number of carbonyl (C=O) groups excluding carboxylic acids is 1. The lowest BCUT2D eigenvalue weighted by Gasteiger charge is -2.25. The van der Waals surface area contributed by atoms with E-state index in [0.29, 0.717) is 18.0 Å². The van der Waals surface area contributed by atoms with Crippen LogP contribution in [-0.2, 0) is 6.42 Å². The van der Waals surface area contributed by atoms with Gasteiger partial charge in [-0.15, -0.1) is 11.3 Å². The van der Waals surface area contributed by atoms with Crippen molar-refractivity contribution < 1.29 is 9.53 Å². The largest absolute Gasteiger partial charge is 0.474 e. The summed E-state index contributed by atoms with van der Waals surface area (Å²) in [4.78, 5) is 20.7. The lowest BCUT2D eigenvalue weighted by atomic mass is 9.96. The number of hydrogen-bond acceptors (Lipinski definition) is 5. The Bertz CT molecular complexity index is 652. The summed E-state index contributed by atoms with van der Waals surface area (Å²) in [7, 11) is 0. The van der Waals surface area contributed by atoms with Crippen molar-refractivity contribution in [2.75, 3.05) is 6.54 Å². The molecule has 0 saturated heterocycles. The summed E-state index contributed by atoms with van der Waals surface area (Å²) in [5.41, 5.74) is 1.60. The van der Waals surface area contributed by atoms with Crippen molar-refractivity contribution in [3.63, 3.8) is 0 Å². The van der Waals surface area contributed by atoms with E-state index in [2.05, 4.69) is 15.3 Å². The van der Waals surface area contributed by atoms with Gasteiger partial charge in [0.15, 0.2) is 0 Å². The third-order valence-corrected chi connectivity index (χ3v) is 4.49. The van der Waals surface area contributed by atoms with Gasteiger partial charge in [-0.1, -0.05) is 0 Å². The van der Waals surface area contributed by atoms with E-state index in [0.717, 1.165) is 30.0 Å². The minimum absolute atomic E-state index is 0.104. The van der Waals surface area contributed by atoms with Gasteiger partial charge in [-0.3, -0.25) is 4.79 Å². The lowest BCUT2D eigenvalue weighted by molar-refractivity contribution is 0.0949. The second kappa shape index (κ2) is 6.87. The third kappa shape index (κ3) is 3.82. The molecule has 3 rings (SSSR count). The van der Waals surface area contributed by atoms with Crippen molar-refractivity contribution >= 4 is 17.2 Å². The molecule has 5 nitrogen and oxygen atoms in total. The number of aryl methyl sites for hydroxylation is 1. The average molecular weight is 317 g/mol. The Hall–Kier alpha value is -1.95. The molecule has 0 bridgehead atoms. The van der Waals surface area contributed by atoms with Crippen LogP contribution in [-0.4, -0.2) is 28.5 Å². The van der Waals surface area contributed by atoms with E-state index in [4.69, 9.17) is 4.74 Å². The predicted molar refractivity (Wildman–Crippen MR) is 85.4 cm³/mol. The first-order valence-electron chi connectivity index (χ1n) is 7.52. The van der Waals surface area contributed by atoms with E-state index in [9.17, 15) is 4.79 Å². The Morgan fingerprint density at radius 2 is 2.36 bits per heavy atom. The molecule has 2 heterocycles. The summed E-state index contributed by atoms with van der Waals surface area (Å²) in [6.07, 6.45) is 5.98. The van der Waals surface area contributed by atoms with E-state index in [-0.39, 0.29) is 12.0 Å². The molecular weight excluding hydrogens is 298 g/mol. The number of thiazole rings is 1. The van der Waals surface area contributed by atoms with Crippen LogP contribution in [0.2, 0.25) is 0 Å². The minimum atomic E-state index is -0.104. The molecule has 1 saturated carbocycles. The van der Waals surface area contributed by atoms with Crippen LogP contribution in [0.3, 0.4) is 0 Å². The zero-order valence-corrected chi connectivity index (χ0v) is 13.4. The van der Waals surface area contributed by atoms with E-state index in [1.165, 1.54) is 6.42 Å². The van der Waals surface area contributed by atoms with Gasteiger partial charge in [0.1, 0.15) is 6.10 Å². The molecule has 1 amide bonds. The number of amides is 1. The van der Waals surface area contributed by atoms with Gasteiger partial charge < -0.3 is 10.1 Å². The molecule has 22 heavy (non-hydrogen) atoms. The highest BCUT2D eigenvalue weighted by molar-refractivity contribution is 7.09. The van der Waals surface area contributed by atoms with Crippen molar-refractivity contribution in [2.45, 2.75) is 38.7 Å². The number of hydrogen-bond donors (Lipinski definition) is 1. The monoisotopic (exact) mass is 317 g/mol. The second-order valence-corrected chi connectivity index (χ2v) is 6.48. The number of rotatable bonds is 6. The van der Waals surface area contributed by atoms with Gasteiger partial charge in [-0.2, -0.15) is 0 Å². The molecule has 1 aliphatic rings. The first kappa shape index (κ1) is 15.0. The van der Waals surface area contributed by atoms with Crippen LogP contribution in [0, 0.1) is 6.92 Å². The molecule has 0 aliphatic heterocycles. The fourth-order valence-corrected chi connectivity index (χ4v) is 2.85. The number of ether oxygens (including phenoxy) is 1.